The molecule has 0 spiro atoms. The zero-order chi connectivity index (χ0) is 12.3. The maximum absolute atomic E-state index is 11.9. The highest BCUT2D eigenvalue weighted by Crippen LogP contribution is 2.13. The number of halogens is 1. The van der Waals surface area contributed by atoms with E-state index < -0.39 is 0 Å². The standard InChI is InChI=1S/C11H10BrN3OS/c1-15(11(16)10-6-13-14-17-10)7-8-2-4-9(12)5-3-8/h2-6H,7H2,1H3. The second-order valence-corrected chi connectivity index (χ2v) is 5.27. The summed E-state index contributed by atoms with van der Waals surface area (Å²) in [6.07, 6.45) is 1.49. The van der Waals surface area contributed by atoms with Crippen molar-refractivity contribution in [3.63, 3.8) is 0 Å². The molecule has 1 aromatic heterocycles. The summed E-state index contributed by atoms with van der Waals surface area (Å²) in [5, 5.41) is 3.66. The minimum Gasteiger partial charge on any atom is -0.337 e. The second-order valence-electron chi connectivity index (χ2n) is 3.57. The first kappa shape index (κ1) is 12.2. The molecule has 2 rings (SSSR count). The van der Waals surface area contributed by atoms with Crippen LogP contribution in [-0.4, -0.2) is 27.4 Å². The predicted octanol–water partition coefficient (Wildman–Crippen LogP) is 2.57. The van der Waals surface area contributed by atoms with Crippen molar-refractivity contribution in [3.05, 3.63) is 45.4 Å². The molecule has 0 saturated heterocycles. The summed E-state index contributed by atoms with van der Waals surface area (Å²) in [5.41, 5.74) is 1.08. The third kappa shape index (κ3) is 3.10. The molecule has 2 aromatic rings. The fraction of sp³-hybridized carbons (Fsp3) is 0.182. The molecule has 1 amide bonds. The molecule has 0 aliphatic rings. The van der Waals surface area contributed by atoms with E-state index in [-0.39, 0.29) is 5.91 Å². The molecule has 0 N–H and O–H groups in total. The van der Waals surface area contributed by atoms with Crippen LogP contribution in [-0.2, 0) is 6.54 Å². The van der Waals surface area contributed by atoms with E-state index in [1.54, 1.807) is 11.9 Å². The molecule has 0 fully saturated rings. The average molecular weight is 312 g/mol. The number of hydrogen-bond acceptors (Lipinski definition) is 4. The van der Waals surface area contributed by atoms with Crippen LogP contribution in [0.4, 0.5) is 0 Å². The van der Waals surface area contributed by atoms with Crippen LogP contribution in [0, 0.1) is 0 Å². The molecule has 4 nitrogen and oxygen atoms in total. The van der Waals surface area contributed by atoms with E-state index >= 15 is 0 Å². The number of aromatic nitrogens is 2. The van der Waals surface area contributed by atoms with Crippen molar-refractivity contribution in [2.75, 3.05) is 7.05 Å². The molecule has 0 bridgehead atoms. The van der Waals surface area contributed by atoms with Crippen LogP contribution >= 0.6 is 27.5 Å². The van der Waals surface area contributed by atoms with Gasteiger partial charge in [-0.05, 0) is 29.2 Å². The topological polar surface area (TPSA) is 46.1 Å². The van der Waals surface area contributed by atoms with Crippen molar-refractivity contribution < 1.29 is 4.79 Å². The van der Waals surface area contributed by atoms with Crippen molar-refractivity contribution >= 4 is 33.4 Å². The largest absolute Gasteiger partial charge is 0.337 e. The molecule has 6 heteroatoms. The second kappa shape index (κ2) is 5.37. The van der Waals surface area contributed by atoms with Gasteiger partial charge < -0.3 is 4.90 Å². The molecule has 17 heavy (non-hydrogen) atoms. The van der Waals surface area contributed by atoms with Crippen molar-refractivity contribution in [2.24, 2.45) is 0 Å². The van der Waals surface area contributed by atoms with E-state index in [1.807, 2.05) is 24.3 Å². The Kier molecular flexibility index (Phi) is 3.86. The summed E-state index contributed by atoms with van der Waals surface area (Å²) in [5.74, 6) is -0.0529. The average Bonchev–Trinajstić information content (AvgIpc) is 2.84. The summed E-state index contributed by atoms with van der Waals surface area (Å²) in [7, 11) is 1.77. The molecule has 0 unspecified atom stereocenters. The van der Waals surface area contributed by atoms with Crippen molar-refractivity contribution in [1.29, 1.82) is 0 Å². The maximum atomic E-state index is 11.9. The van der Waals surface area contributed by atoms with E-state index in [9.17, 15) is 4.79 Å². The number of rotatable bonds is 3. The molecule has 0 aliphatic heterocycles. The summed E-state index contributed by atoms with van der Waals surface area (Å²) >= 11 is 4.49. The van der Waals surface area contributed by atoms with E-state index in [0.717, 1.165) is 21.6 Å². The summed E-state index contributed by atoms with van der Waals surface area (Å²) in [6.45, 7) is 0.573. The lowest BCUT2D eigenvalue weighted by Crippen LogP contribution is -2.25. The SMILES string of the molecule is CN(Cc1ccc(Br)cc1)C(=O)c1cnns1. The van der Waals surface area contributed by atoms with E-state index in [4.69, 9.17) is 0 Å². The number of carbonyl (C=O) groups is 1. The van der Waals surface area contributed by atoms with Crippen LogP contribution in [0.1, 0.15) is 15.2 Å². The third-order valence-electron chi connectivity index (χ3n) is 2.25. The summed E-state index contributed by atoms with van der Waals surface area (Å²) in [6, 6.07) is 7.89. The zero-order valence-corrected chi connectivity index (χ0v) is 11.5. The maximum Gasteiger partial charge on any atom is 0.267 e. The van der Waals surface area contributed by atoms with Crippen molar-refractivity contribution in [3.8, 4) is 0 Å². The molecular formula is C11H10BrN3OS. The molecule has 1 aromatic carbocycles. The summed E-state index contributed by atoms with van der Waals surface area (Å²) < 4.78 is 4.71. The Bertz CT molecular complexity index is 498. The van der Waals surface area contributed by atoms with Crippen molar-refractivity contribution in [2.45, 2.75) is 6.54 Å². The van der Waals surface area contributed by atoms with Gasteiger partial charge in [-0.1, -0.05) is 32.6 Å². The zero-order valence-electron chi connectivity index (χ0n) is 9.13. The van der Waals surface area contributed by atoms with Gasteiger partial charge in [0.25, 0.3) is 5.91 Å². The molecular weight excluding hydrogens is 302 g/mol. The van der Waals surface area contributed by atoms with Gasteiger partial charge in [0.15, 0.2) is 0 Å². The molecule has 0 radical (unpaired) electrons. The van der Waals surface area contributed by atoms with Crippen LogP contribution in [0.25, 0.3) is 0 Å². The van der Waals surface area contributed by atoms with Gasteiger partial charge in [0.2, 0.25) is 0 Å². The Morgan fingerprint density at radius 2 is 2.12 bits per heavy atom. The first-order valence-electron chi connectivity index (χ1n) is 4.94. The molecule has 0 saturated carbocycles. The van der Waals surface area contributed by atoms with Crippen LogP contribution in [0.3, 0.4) is 0 Å². The quantitative estimate of drug-likeness (QED) is 0.875. The lowest BCUT2D eigenvalue weighted by Gasteiger charge is -2.15. The van der Waals surface area contributed by atoms with Gasteiger partial charge in [-0.2, -0.15) is 0 Å². The lowest BCUT2D eigenvalue weighted by molar-refractivity contribution is 0.0789. The number of nitrogens with zero attached hydrogens (tertiary/aromatic N) is 3. The Labute approximate surface area is 112 Å². The minimum absolute atomic E-state index is 0.0529. The smallest absolute Gasteiger partial charge is 0.267 e. The minimum atomic E-state index is -0.0529. The highest BCUT2D eigenvalue weighted by Gasteiger charge is 2.14. The van der Waals surface area contributed by atoms with E-state index in [2.05, 4.69) is 25.5 Å². The lowest BCUT2D eigenvalue weighted by atomic mass is 10.2. The van der Waals surface area contributed by atoms with Gasteiger partial charge in [-0.25, -0.2) is 0 Å². The first-order chi connectivity index (χ1) is 8.16. The Morgan fingerprint density at radius 3 is 2.71 bits per heavy atom. The molecule has 1 heterocycles. The molecule has 0 atom stereocenters. The van der Waals surface area contributed by atoms with Gasteiger partial charge in [0.1, 0.15) is 4.88 Å². The van der Waals surface area contributed by atoms with Gasteiger partial charge in [-0.15, -0.1) is 5.10 Å². The Hall–Kier alpha value is -1.27. The van der Waals surface area contributed by atoms with Gasteiger partial charge in [-0.3, -0.25) is 4.79 Å². The highest BCUT2D eigenvalue weighted by molar-refractivity contribution is 9.10. The number of amides is 1. The highest BCUT2D eigenvalue weighted by atomic mass is 79.9. The number of benzene rings is 1. The normalized spacial score (nSPS) is 10.2. The molecule has 88 valence electrons. The van der Waals surface area contributed by atoms with Crippen molar-refractivity contribution in [1.82, 2.24) is 14.5 Å². The Balaban J connectivity index is 2.04. The number of carbonyl (C=O) groups excluding carboxylic acids is 1. The fourth-order valence-corrected chi connectivity index (χ4v) is 2.16. The van der Waals surface area contributed by atoms with Gasteiger partial charge in [0.05, 0.1) is 6.20 Å². The van der Waals surface area contributed by atoms with E-state index in [0.29, 0.717) is 11.4 Å². The molecule has 0 aliphatic carbocycles. The summed E-state index contributed by atoms with van der Waals surface area (Å²) in [4.78, 5) is 14.1. The van der Waals surface area contributed by atoms with Crippen LogP contribution in [0.2, 0.25) is 0 Å². The van der Waals surface area contributed by atoms with Crippen LogP contribution < -0.4 is 0 Å². The van der Waals surface area contributed by atoms with Crippen LogP contribution in [0.15, 0.2) is 34.9 Å². The van der Waals surface area contributed by atoms with Crippen LogP contribution in [0.5, 0.6) is 0 Å². The third-order valence-corrected chi connectivity index (χ3v) is 3.43. The first-order valence-corrected chi connectivity index (χ1v) is 6.51. The Morgan fingerprint density at radius 1 is 1.41 bits per heavy atom. The predicted molar refractivity (Wildman–Crippen MR) is 69.8 cm³/mol. The monoisotopic (exact) mass is 311 g/mol. The number of hydrogen-bond donors (Lipinski definition) is 0. The van der Waals surface area contributed by atoms with E-state index in [1.165, 1.54) is 6.20 Å². The fourth-order valence-electron chi connectivity index (χ4n) is 1.38. The van der Waals surface area contributed by atoms with Gasteiger partial charge in [0, 0.05) is 18.1 Å². The van der Waals surface area contributed by atoms with Gasteiger partial charge >= 0.3 is 0 Å².